The lowest BCUT2D eigenvalue weighted by Gasteiger charge is -2.22. The molecular formula is C12H18F3N3. The van der Waals surface area contributed by atoms with Gasteiger partial charge in [0.05, 0.1) is 6.54 Å². The third-order valence-electron chi connectivity index (χ3n) is 3.31. The first-order valence-electron chi connectivity index (χ1n) is 6.40. The first-order chi connectivity index (χ1) is 8.55. The summed E-state index contributed by atoms with van der Waals surface area (Å²) in [6.07, 6.45) is 3.18. The molecule has 0 unspecified atom stereocenters. The number of hydrogen-bond donors (Lipinski definition) is 1. The Morgan fingerprint density at radius 3 is 2.61 bits per heavy atom. The number of alkyl halides is 3. The Bertz CT molecular complexity index is 367. The molecular weight excluding hydrogens is 243 g/mol. The summed E-state index contributed by atoms with van der Waals surface area (Å²) < 4.78 is 38.3. The van der Waals surface area contributed by atoms with Gasteiger partial charge in [0.15, 0.2) is 5.69 Å². The average Bonchev–Trinajstić information content (AvgIpc) is 2.79. The van der Waals surface area contributed by atoms with Crippen molar-refractivity contribution in [2.24, 2.45) is 0 Å². The molecule has 0 atom stereocenters. The Morgan fingerprint density at radius 2 is 2.00 bits per heavy atom. The van der Waals surface area contributed by atoms with Crippen molar-refractivity contribution in [2.45, 2.75) is 50.9 Å². The summed E-state index contributed by atoms with van der Waals surface area (Å²) >= 11 is 0. The highest BCUT2D eigenvalue weighted by atomic mass is 19.4. The lowest BCUT2D eigenvalue weighted by molar-refractivity contribution is -0.141. The summed E-state index contributed by atoms with van der Waals surface area (Å²) in [5, 5.41) is 6.89. The number of nitrogens with zero attached hydrogens (tertiary/aromatic N) is 2. The van der Waals surface area contributed by atoms with Crippen molar-refractivity contribution >= 4 is 0 Å². The molecule has 1 aromatic heterocycles. The molecule has 0 aliphatic heterocycles. The molecule has 0 aromatic carbocycles. The molecule has 1 saturated carbocycles. The molecule has 1 aliphatic carbocycles. The van der Waals surface area contributed by atoms with Crippen molar-refractivity contribution in [1.29, 1.82) is 0 Å². The van der Waals surface area contributed by atoms with Gasteiger partial charge in [0.2, 0.25) is 0 Å². The third kappa shape index (κ3) is 3.73. The summed E-state index contributed by atoms with van der Waals surface area (Å²) in [5.41, 5.74) is -0.819. The number of rotatable bonds is 4. The van der Waals surface area contributed by atoms with Gasteiger partial charge in [-0.25, -0.2) is 0 Å². The average molecular weight is 261 g/mol. The summed E-state index contributed by atoms with van der Waals surface area (Å²) in [5.74, 6) is 0. The van der Waals surface area contributed by atoms with Crippen LogP contribution in [0.2, 0.25) is 0 Å². The molecule has 0 amide bonds. The zero-order chi connectivity index (χ0) is 13.0. The fourth-order valence-electron chi connectivity index (χ4n) is 2.33. The van der Waals surface area contributed by atoms with E-state index in [1.54, 1.807) is 0 Å². The van der Waals surface area contributed by atoms with Crippen LogP contribution in [-0.2, 0) is 12.7 Å². The van der Waals surface area contributed by atoms with Crippen molar-refractivity contribution in [1.82, 2.24) is 15.1 Å². The first kappa shape index (κ1) is 13.4. The molecule has 1 aliphatic rings. The molecule has 3 nitrogen and oxygen atoms in total. The maximum absolute atomic E-state index is 12.3. The van der Waals surface area contributed by atoms with Crippen molar-refractivity contribution in [3.63, 3.8) is 0 Å². The summed E-state index contributed by atoms with van der Waals surface area (Å²) in [6, 6.07) is 1.54. The molecule has 0 bridgehead atoms. The molecule has 1 aromatic rings. The minimum absolute atomic E-state index is 0.479. The Kier molecular flexibility index (Phi) is 4.27. The van der Waals surface area contributed by atoms with Crippen molar-refractivity contribution < 1.29 is 13.2 Å². The van der Waals surface area contributed by atoms with Gasteiger partial charge in [-0.2, -0.15) is 18.3 Å². The monoisotopic (exact) mass is 261 g/mol. The maximum Gasteiger partial charge on any atom is 0.435 e. The van der Waals surface area contributed by atoms with Gasteiger partial charge in [-0.05, 0) is 18.9 Å². The standard InChI is InChI=1S/C12H18F3N3/c13-12(14,15)11-6-8-18(17-11)9-7-16-10-4-2-1-3-5-10/h6,8,10,16H,1-5,7,9H2. The van der Waals surface area contributed by atoms with E-state index in [9.17, 15) is 13.2 Å². The van der Waals surface area contributed by atoms with Gasteiger partial charge in [-0.3, -0.25) is 4.68 Å². The fourth-order valence-corrected chi connectivity index (χ4v) is 2.33. The minimum Gasteiger partial charge on any atom is -0.312 e. The molecule has 2 rings (SSSR count). The van der Waals surface area contributed by atoms with Gasteiger partial charge in [0.25, 0.3) is 0 Å². The Balaban J connectivity index is 1.74. The van der Waals surface area contributed by atoms with Crippen LogP contribution < -0.4 is 5.32 Å². The van der Waals surface area contributed by atoms with E-state index in [-0.39, 0.29) is 0 Å². The molecule has 1 N–H and O–H groups in total. The number of nitrogens with one attached hydrogen (secondary N) is 1. The van der Waals surface area contributed by atoms with Gasteiger partial charge in [0.1, 0.15) is 0 Å². The predicted octanol–water partition coefficient (Wildman–Crippen LogP) is 2.82. The van der Waals surface area contributed by atoms with E-state index in [0.717, 1.165) is 6.07 Å². The van der Waals surface area contributed by atoms with Crippen LogP contribution in [-0.4, -0.2) is 22.4 Å². The van der Waals surface area contributed by atoms with Crippen LogP contribution in [0.3, 0.4) is 0 Å². The van der Waals surface area contributed by atoms with Crippen LogP contribution in [0.1, 0.15) is 37.8 Å². The minimum atomic E-state index is -4.35. The smallest absolute Gasteiger partial charge is 0.312 e. The molecule has 0 radical (unpaired) electrons. The van der Waals surface area contributed by atoms with Gasteiger partial charge < -0.3 is 5.32 Å². The first-order valence-corrected chi connectivity index (χ1v) is 6.40. The Hall–Kier alpha value is -1.04. The normalized spacial score (nSPS) is 18.2. The molecule has 0 spiro atoms. The fraction of sp³-hybridized carbons (Fsp3) is 0.750. The van der Waals surface area contributed by atoms with Crippen LogP contribution in [0.4, 0.5) is 13.2 Å². The number of aromatic nitrogens is 2. The molecule has 0 saturated heterocycles. The summed E-state index contributed by atoms with van der Waals surface area (Å²) in [6.45, 7) is 1.15. The Morgan fingerprint density at radius 1 is 1.28 bits per heavy atom. The van der Waals surface area contributed by atoms with Gasteiger partial charge in [-0.15, -0.1) is 0 Å². The van der Waals surface area contributed by atoms with Gasteiger partial charge >= 0.3 is 6.18 Å². The van der Waals surface area contributed by atoms with E-state index in [2.05, 4.69) is 10.4 Å². The van der Waals surface area contributed by atoms with E-state index < -0.39 is 11.9 Å². The lowest BCUT2D eigenvalue weighted by Crippen LogP contribution is -2.33. The van der Waals surface area contributed by atoms with Crippen LogP contribution in [0.25, 0.3) is 0 Å². The highest BCUT2D eigenvalue weighted by Gasteiger charge is 2.33. The van der Waals surface area contributed by atoms with Crippen molar-refractivity contribution in [3.05, 3.63) is 18.0 Å². The second-order valence-corrected chi connectivity index (χ2v) is 4.75. The van der Waals surface area contributed by atoms with Crippen LogP contribution in [0.5, 0.6) is 0 Å². The number of hydrogen-bond acceptors (Lipinski definition) is 2. The van der Waals surface area contributed by atoms with Gasteiger partial charge in [0, 0.05) is 18.8 Å². The topological polar surface area (TPSA) is 29.9 Å². The second-order valence-electron chi connectivity index (χ2n) is 4.75. The van der Waals surface area contributed by atoms with E-state index >= 15 is 0 Å². The highest BCUT2D eigenvalue weighted by molar-refractivity contribution is 5.03. The molecule has 102 valence electrons. The quantitative estimate of drug-likeness (QED) is 0.903. The highest BCUT2D eigenvalue weighted by Crippen LogP contribution is 2.27. The maximum atomic E-state index is 12.3. The van der Waals surface area contributed by atoms with Crippen LogP contribution in [0, 0.1) is 0 Å². The predicted molar refractivity (Wildman–Crippen MR) is 62.1 cm³/mol. The van der Waals surface area contributed by atoms with Crippen LogP contribution in [0.15, 0.2) is 12.3 Å². The summed E-state index contributed by atoms with van der Waals surface area (Å²) in [7, 11) is 0. The van der Waals surface area contributed by atoms with Gasteiger partial charge in [-0.1, -0.05) is 19.3 Å². The van der Waals surface area contributed by atoms with E-state index in [0.29, 0.717) is 19.1 Å². The molecule has 18 heavy (non-hydrogen) atoms. The van der Waals surface area contributed by atoms with E-state index in [1.807, 2.05) is 0 Å². The lowest BCUT2D eigenvalue weighted by atomic mass is 9.95. The summed E-state index contributed by atoms with van der Waals surface area (Å²) in [4.78, 5) is 0. The SMILES string of the molecule is FC(F)(F)c1ccn(CCNC2CCCCC2)n1. The second kappa shape index (κ2) is 5.73. The molecule has 6 heteroatoms. The Labute approximate surface area is 104 Å². The van der Waals surface area contributed by atoms with Crippen molar-refractivity contribution in [3.8, 4) is 0 Å². The third-order valence-corrected chi connectivity index (χ3v) is 3.31. The number of halogens is 3. The molecule has 1 heterocycles. The van der Waals surface area contributed by atoms with Crippen LogP contribution >= 0.6 is 0 Å². The zero-order valence-corrected chi connectivity index (χ0v) is 10.2. The van der Waals surface area contributed by atoms with E-state index in [4.69, 9.17) is 0 Å². The zero-order valence-electron chi connectivity index (χ0n) is 10.2. The van der Waals surface area contributed by atoms with E-state index in [1.165, 1.54) is 43.0 Å². The largest absolute Gasteiger partial charge is 0.435 e. The molecule has 1 fully saturated rings. The van der Waals surface area contributed by atoms with Crippen molar-refractivity contribution in [2.75, 3.05) is 6.54 Å².